The van der Waals surface area contributed by atoms with Gasteiger partial charge in [-0.05, 0) is 49.2 Å². The number of nitrogens with one attached hydrogen (secondary N) is 1. The molecule has 25 heavy (non-hydrogen) atoms. The highest BCUT2D eigenvalue weighted by molar-refractivity contribution is 5.56. The van der Waals surface area contributed by atoms with Crippen LogP contribution >= 0.6 is 0 Å². The van der Waals surface area contributed by atoms with E-state index in [9.17, 15) is 0 Å². The third kappa shape index (κ3) is 3.37. The number of rotatable bonds is 6. The van der Waals surface area contributed by atoms with Gasteiger partial charge in [-0.15, -0.1) is 0 Å². The molecule has 2 aromatic rings. The lowest BCUT2D eigenvalue weighted by molar-refractivity contribution is 0.207. The molecule has 0 aliphatic carbocycles. The standard InChI is InChI=1S/C20H25NO4/c1-13(25-17-8-6-5-7-16(17)22-2)19-15-9-10-21-12-14(15)11-18(23-3)20(19)24-4/h5-8,11,13,21H,9-10,12H2,1-4H3. The first kappa shape index (κ1) is 17.4. The number of ether oxygens (including phenoxy) is 4. The average molecular weight is 343 g/mol. The summed E-state index contributed by atoms with van der Waals surface area (Å²) >= 11 is 0. The molecule has 0 saturated heterocycles. The summed E-state index contributed by atoms with van der Waals surface area (Å²) in [4.78, 5) is 0. The molecule has 1 heterocycles. The Morgan fingerprint density at radius 3 is 2.36 bits per heavy atom. The van der Waals surface area contributed by atoms with Gasteiger partial charge < -0.3 is 24.3 Å². The maximum Gasteiger partial charge on any atom is 0.167 e. The van der Waals surface area contributed by atoms with E-state index in [0.29, 0.717) is 11.5 Å². The van der Waals surface area contributed by atoms with Crippen LogP contribution in [-0.2, 0) is 13.0 Å². The third-order valence-corrected chi connectivity index (χ3v) is 4.56. The summed E-state index contributed by atoms with van der Waals surface area (Å²) in [5.41, 5.74) is 3.55. The minimum Gasteiger partial charge on any atom is -0.493 e. The van der Waals surface area contributed by atoms with Gasteiger partial charge in [-0.3, -0.25) is 0 Å². The third-order valence-electron chi connectivity index (χ3n) is 4.56. The van der Waals surface area contributed by atoms with Crippen molar-refractivity contribution in [3.63, 3.8) is 0 Å². The van der Waals surface area contributed by atoms with Crippen LogP contribution in [0.4, 0.5) is 0 Å². The zero-order chi connectivity index (χ0) is 17.8. The van der Waals surface area contributed by atoms with E-state index in [-0.39, 0.29) is 6.10 Å². The van der Waals surface area contributed by atoms with Gasteiger partial charge in [0.05, 0.1) is 21.3 Å². The molecule has 0 bridgehead atoms. The molecule has 0 spiro atoms. The first-order chi connectivity index (χ1) is 12.2. The molecule has 0 saturated carbocycles. The van der Waals surface area contributed by atoms with Crippen molar-refractivity contribution in [3.8, 4) is 23.0 Å². The number of para-hydroxylation sites is 2. The van der Waals surface area contributed by atoms with Crippen LogP contribution in [0.1, 0.15) is 29.7 Å². The summed E-state index contributed by atoms with van der Waals surface area (Å²) in [6.07, 6.45) is 0.734. The Hall–Kier alpha value is -2.40. The van der Waals surface area contributed by atoms with Crippen molar-refractivity contribution >= 4 is 0 Å². The number of hydrogen-bond donors (Lipinski definition) is 1. The Kier molecular flexibility index (Phi) is 5.34. The van der Waals surface area contributed by atoms with Crippen molar-refractivity contribution in [2.75, 3.05) is 27.9 Å². The van der Waals surface area contributed by atoms with Gasteiger partial charge in [0.2, 0.25) is 0 Å². The molecule has 1 unspecified atom stereocenters. The predicted molar refractivity (Wildman–Crippen MR) is 97.0 cm³/mol. The lowest BCUT2D eigenvalue weighted by atomic mass is 9.91. The summed E-state index contributed by atoms with van der Waals surface area (Å²) in [5, 5.41) is 3.41. The molecule has 1 N–H and O–H groups in total. The molecule has 1 atom stereocenters. The molecule has 0 radical (unpaired) electrons. The van der Waals surface area contributed by atoms with Crippen molar-refractivity contribution in [3.05, 3.63) is 47.0 Å². The highest BCUT2D eigenvalue weighted by Gasteiger charge is 2.26. The van der Waals surface area contributed by atoms with Gasteiger partial charge in [0.1, 0.15) is 6.10 Å². The molecular formula is C20H25NO4. The number of benzene rings is 2. The fourth-order valence-corrected chi connectivity index (χ4v) is 3.40. The molecule has 0 amide bonds. The van der Waals surface area contributed by atoms with Gasteiger partial charge in [0.25, 0.3) is 0 Å². The normalized spacial score (nSPS) is 14.4. The Balaban J connectivity index is 2.05. The zero-order valence-electron chi connectivity index (χ0n) is 15.2. The van der Waals surface area contributed by atoms with E-state index in [2.05, 4.69) is 11.4 Å². The molecule has 2 aromatic carbocycles. The summed E-state index contributed by atoms with van der Waals surface area (Å²) in [5.74, 6) is 2.90. The second kappa shape index (κ2) is 7.66. The van der Waals surface area contributed by atoms with Crippen LogP contribution in [0.15, 0.2) is 30.3 Å². The van der Waals surface area contributed by atoms with E-state index >= 15 is 0 Å². The molecule has 5 heteroatoms. The summed E-state index contributed by atoms with van der Waals surface area (Å²) < 4.78 is 22.9. The topological polar surface area (TPSA) is 49.0 Å². The van der Waals surface area contributed by atoms with Crippen molar-refractivity contribution in [2.24, 2.45) is 0 Å². The maximum absolute atomic E-state index is 6.25. The molecule has 0 fully saturated rings. The van der Waals surface area contributed by atoms with Crippen molar-refractivity contribution in [1.82, 2.24) is 5.32 Å². The minimum atomic E-state index is -0.201. The van der Waals surface area contributed by atoms with E-state index in [4.69, 9.17) is 18.9 Å². The van der Waals surface area contributed by atoms with Gasteiger partial charge in [-0.2, -0.15) is 0 Å². The number of hydrogen-bond acceptors (Lipinski definition) is 5. The Morgan fingerprint density at radius 2 is 1.68 bits per heavy atom. The van der Waals surface area contributed by atoms with Crippen molar-refractivity contribution in [1.29, 1.82) is 0 Å². The van der Waals surface area contributed by atoms with Crippen LogP contribution < -0.4 is 24.3 Å². The van der Waals surface area contributed by atoms with Crippen LogP contribution in [0.3, 0.4) is 0 Å². The van der Waals surface area contributed by atoms with E-state index in [0.717, 1.165) is 36.6 Å². The lowest BCUT2D eigenvalue weighted by Gasteiger charge is -2.27. The average Bonchev–Trinajstić information content (AvgIpc) is 2.66. The molecule has 1 aliphatic heterocycles. The monoisotopic (exact) mass is 343 g/mol. The maximum atomic E-state index is 6.25. The quantitative estimate of drug-likeness (QED) is 0.870. The van der Waals surface area contributed by atoms with Gasteiger partial charge >= 0.3 is 0 Å². The zero-order valence-corrected chi connectivity index (χ0v) is 15.2. The van der Waals surface area contributed by atoms with Crippen LogP contribution in [-0.4, -0.2) is 27.9 Å². The fourth-order valence-electron chi connectivity index (χ4n) is 3.40. The molecule has 3 rings (SSSR count). The molecule has 0 aromatic heterocycles. The minimum absolute atomic E-state index is 0.201. The van der Waals surface area contributed by atoms with Gasteiger partial charge in [0.15, 0.2) is 23.0 Å². The van der Waals surface area contributed by atoms with E-state index in [1.165, 1.54) is 11.1 Å². The predicted octanol–water partition coefficient (Wildman–Crippen LogP) is 3.50. The lowest BCUT2D eigenvalue weighted by Crippen LogP contribution is -2.26. The summed E-state index contributed by atoms with van der Waals surface area (Å²) in [7, 11) is 4.98. The van der Waals surface area contributed by atoms with Gasteiger partial charge in [-0.1, -0.05) is 12.1 Å². The van der Waals surface area contributed by atoms with Crippen LogP contribution in [0.5, 0.6) is 23.0 Å². The van der Waals surface area contributed by atoms with Crippen LogP contribution in [0, 0.1) is 0 Å². The molecular weight excluding hydrogens is 318 g/mol. The highest BCUT2D eigenvalue weighted by Crippen LogP contribution is 2.42. The van der Waals surface area contributed by atoms with Gasteiger partial charge in [-0.25, -0.2) is 0 Å². The van der Waals surface area contributed by atoms with E-state index < -0.39 is 0 Å². The Bertz CT molecular complexity index is 730. The van der Waals surface area contributed by atoms with Gasteiger partial charge in [0, 0.05) is 12.1 Å². The number of methoxy groups -OCH3 is 3. The van der Waals surface area contributed by atoms with Crippen LogP contribution in [0.25, 0.3) is 0 Å². The second-order valence-corrected chi connectivity index (χ2v) is 6.00. The van der Waals surface area contributed by atoms with Crippen molar-refractivity contribution in [2.45, 2.75) is 26.0 Å². The SMILES string of the molecule is COc1ccccc1OC(C)c1c2c(cc(OC)c1OC)CNCC2. The number of fused-ring (bicyclic) bond motifs is 1. The fraction of sp³-hybridized carbons (Fsp3) is 0.400. The smallest absolute Gasteiger partial charge is 0.167 e. The molecule has 5 nitrogen and oxygen atoms in total. The van der Waals surface area contributed by atoms with Crippen LogP contribution in [0.2, 0.25) is 0 Å². The van der Waals surface area contributed by atoms with E-state index in [1.807, 2.05) is 31.2 Å². The second-order valence-electron chi connectivity index (χ2n) is 6.00. The highest BCUT2D eigenvalue weighted by atomic mass is 16.5. The summed E-state index contributed by atoms with van der Waals surface area (Å²) in [6, 6.07) is 9.72. The molecule has 134 valence electrons. The molecule has 1 aliphatic rings. The first-order valence-electron chi connectivity index (χ1n) is 8.46. The summed E-state index contributed by atoms with van der Waals surface area (Å²) in [6.45, 7) is 3.80. The van der Waals surface area contributed by atoms with E-state index in [1.54, 1.807) is 21.3 Å². The Morgan fingerprint density at radius 1 is 0.960 bits per heavy atom. The first-order valence-corrected chi connectivity index (χ1v) is 8.46. The largest absolute Gasteiger partial charge is 0.493 e. The Labute approximate surface area is 148 Å². The van der Waals surface area contributed by atoms with Crippen molar-refractivity contribution < 1.29 is 18.9 Å².